The third kappa shape index (κ3) is 3.85. The van der Waals surface area contributed by atoms with E-state index in [0.29, 0.717) is 17.7 Å². The molecule has 2 rings (SSSR count). The van der Waals surface area contributed by atoms with E-state index in [0.717, 1.165) is 44.5 Å². The molecule has 1 aromatic carbocycles. The predicted molar refractivity (Wildman–Crippen MR) is 87.0 cm³/mol. The van der Waals surface area contributed by atoms with Gasteiger partial charge in [-0.3, -0.25) is 4.79 Å². The lowest BCUT2D eigenvalue weighted by atomic mass is 9.83. The van der Waals surface area contributed by atoms with Crippen molar-refractivity contribution < 1.29 is 4.79 Å². The fourth-order valence-electron chi connectivity index (χ4n) is 3.20. The fourth-order valence-corrected chi connectivity index (χ4v) is 3.20. The van der Waals surface area contributed by atoms with Gasteiger partial charge in [0.2, 0.25) is 5.91 Å². The molecule has 1 fully saturated rings. The van der Waals surface area contributed by atoms with Crippen LogP contribution in [0.5, 0.6) is 0 Å². The minimum atomic E-state index is -0.00868. The molecule has 3 nitrogen and oxygen atoms in total. The number of piperidine rings is 1. The van der Waals surface area contributed by atoms with Gasteiger partial charge in [0.15, 0.2) is 0 Å². The number of carbonyl (C=O) groups excluding carboxylic acids is 1. The molecule has 116 valence electrons. The Morgan fingerprint density at radius 1 is 1.29 bits per heavy atom. The molecule has 1 aliphatic heterocycles. The van der Waals surface area contributed by atoms with Crippen molar-refractivity contribution in [3.63, 3.8) is 0 Å². The number of amides is 1. The van der Waals surface area contributed by atoms with Crippen molar-refractivity contribution in [3.8, 4) is 0 Å². The zero-order valence-corrected chi connectivity index (χ0v) is 13.3. The van der Waals surface area contributed by atoms with Crippen LogP contribution in [0.15, 0.2) is 30.3 Å². The van der Waals surface area contributed by atoms with Gasteiger partial charge in [-0.25, -0.2) is 0 Å². The second-order valence-electron chi connectivity index (χ2n) is 6.28. The first-order valence-electron chi connectivity index (χ1n) is 8.21. The molecule has 2 atom stereocenters. The quantitative estimate of drug-likeness (QED) is 0.905. The zero-order valence-electron chi connectivity index (χ0n) is 13.3. The van der Waals surface area contributed by atoms with E-state index in [1.807, 2.05) is 18.2 Å². The van der Waals surface area contributed by atoms with Crippen LogP contribution in [0.3, 0.4) is 0 Å². The van der Waals surface area contributed by atoms with Gasteiger partial charge in [-0.1, -0.05) is 50.6 Å². The second-order valence-corrected chi connectivity index (χ2v) is 6.28. The molecule has 2 unspecified atom stereocenters. The number of nitrogens with two attached hydrogens (primary N) is 1. The summed E-state index contributed by atoms with van der Waals surface area (Å²) in [5, 5.41) is 0. The van der Waals surface area contributed by atoms with Crippen LogP contribution in [0.1, 0.15) is 44.6 Å². The van der Waals surface area contributed by atoms with Crippen molar-refractivity contribution in [3.05, 3.63) is 35.9 Å². The summed E-state index contributed by atoms with van der Waals surface area (Å²) in [6, 6.07) is 10.2. The molecule has 0 radical (unpaired) electrons. The Kier molecular flexibility index (Phi) is 5.80. The van der Waals surface area contributed by atoms with Gasteiger partial charge >= 0.3 is 0 Å². The highest BCUT2D eigenvalue weighted by Gasteiger charge is 2.31. The SMILES string of the molecule is CCC(C)C(C(=O)N1CCC(CN)CC1)c1ccccc1. The average Bonchev–Trinajstić information content (AvgIpc) is 2.55. The number of rotatable bonds is 5. The summed E-state index contributed by atoms with van der Waals surface area (Å²) in [6.45, 7) is 6.81. The summed E-state index contributed by atoms with van der Waals surface area (Å²) in [5.74, 6) is 1.25. The maximum atomic E-state index is 13.0. The summed E-state index contributed by atoms with van der Waals surface area (Å²) < 4.78 is 0. The van der Waals surface area contributed by atoms with Crippen LogP contribution in [0, 0.1) is 11.8 Å². The standard InChI is InChI=1S/C18H28N2O/c1-3-14(2)17(16-7-5-4-6-8-16)18(21)20-11-9-15(13-19)10-12-20/h4-8,14-15,17H,3,9-13,19H2,1-2H3. The van der Waals surface area contributed by atoms with Crippen molar-refractivity contribution in [2.45, 2.75) is 39.0 Å². The summed E-state index contributed by atoms with van der Waals surface area (Å²) in [4.78, 5) is 15.0. The van der Waals surface area contributed by atoms with Gasteiger partial charge in [-0.15, -0.1) is 0 Å². The smallest absolute Gasteiger partial charge is 0.230 e. The fraction of sp³-hybridized carbons (Fsp3) is 0.611. The Labute approximate surface area is 128 Å². The summed E-state index contributed by atoms with van der Waals surface area (Å²) >= 11 is 0. The second kappa shape index (κ2) is 7.60. The van der Waals surface area contributed by atoms with E-state index >= 15 is 0 Å². The lowest BCUT2D eigenvalue weighted by Crippen LogP contribution is -2.43. The number of carbonyl (C=O) groups is 1. The van der Waals surface area contributed by atoms with Gasteiger partial charge in [0.05, 0.1) is 5.92 Å². The van der Waals surface area contributed by atoms with Crippen LogP contribution >= 0.6 is 0 Å². The molecule has 1 aliphatic rings. The molecule has 0 spiro atoms. The van der Waals surface area contributed by atoms with Crippen molar-refractivity contribution in [1.82, 2.24) is 4.90 Å². The summed E-state index contributed by atoms with van der Waals surface area (Å²) in [5.41, 5.74) is 6.89. The first kappa shape index (κ1) is 16.0. The van der Waals surface area contributed by atoms with E-state index in [9.17, 15) is 4.79 Å². The maximum Gasteiger partial charge on any atom is 0.230 e. The van der Waals surface area contributed by atoms with Crippen molar-refractivity contribution >= 4 is 5.91 Å². The highest BCUT2D eigenvalue weighted by atomic mass is 16.2. The highest BCUT2D eigenvalue weighted by Crippen LogP contribution is 2.30. The van der Waals surface area contributed by atoms with E-state index in [-0.39, 0.29) is 5.92 Å². The minimum absolute atomic E-state index is 0.00868. The highest BCUT2D eigenvalue weighted by molar-refractivity contribution is 5.84. The molecule has 0 aliphatic carbocycles. The largest absolute Gasteiger partial charge is 0.342 e. The summed E-state index contributed by atoms with van der Waals surface area (Å²) in [7, 11) is 0. The molecule has 0 bridgehead atoms. The number of hydrogen-bond acceptors (Lipinski definition) is 2. The van der Waals surface area contributed by atoms with E-state index in [2.05, 4.69) is 30.9 Å². The van der Waals surface area contributed by atoms with Crippen LogP contribution in [-0.2, 0) is 4.79 Å². The lowest BCUT2D eigenvalue weighted by molar-refractivity contribution is -0.135. The van der Waals surface area contributed by atoms with Crippen LogP contribution in [0.4, 0.5) is 0 Å². The van der Waals surface area contributed by atoms with Gasteiger partial charge < -0.3 is 10.6 Å². The van der Waals surface area contributed by atoms with Crippen LogP contribution in [0.2, 0.25) is 0 Å². The zero-order chi connectivity index (χ0) is 15.2. The molecule has 21 heavy (non-hydrogen) atoms. The normalized spacial score (nSPS) is 19.3. The van der Waals surface area contributed by atoms with Gasteiger partial charge in [0.25, 0.3) is 0 Å². The molecular weight excluding hydrogens is 260 g/mol. The number of likely N-dealkylation sites (tertiary alicyclic amines) is 1. The molecule has 0 aromatic heterocycles. The van der Waals surface area contributed by atoms with Crippen LogP contribution in [-0.4, -0.2) is 30.4 Å². The van der Waals surface area contributed by atoms with Crippen molar-refractivity contribution in [1.29, 1.82) is 0 Å². The van der Waals surface area contributed by atoms with Gasteiger partial charge in [-0.2, -0.15) is 0 Å². The molecule has 2 N–H and O–H groups in total. The van der Waals surface area contributed by atoms with E-state index in [1.54, 1.807) is 0 Å². The average molecular weight is 288 g/mol. The molecule has 1 aromatic rings. The van der Waals surface area contributed by atoms with Crippen molar-refractivity contribution in [2.75, 3.05) is 19.6 Å². The van der Waals surface area contributed by atoms with Crippen molar-refractivity contribution in [2.24, 2.45) is 17.6 Å². The molecular formula is C18H28N2O. The minimum Gasteiger partial charge on any atom is -0.342 e. The Bertz CT molecular complexity index is 438. The Hall–Kier alpha value is -1.35. The maximum absolute atomic E-state index is 13.0. The monoisotopic (exact) mass is 288 g/mol. The Balaban J connectivity index is 2.12. The third-order valence-electron chi connectivity index (χ3n) is 4.90. The summed E-state index contributed by atoms with van der Waals surface area (Å²) in [6.07, 6.45) is 3.11. The van der Waals surface area contributed by atoms with E-state index in [4.69, 9.17) is 5.73 Å². The molecule has 3 heteroatoms. The number of nitrogens with zero attached hydrogens (tertiary/aromatic N) is 1. The van der Waals surface area contributed by atoms with E-state index < -0.39 is 0 Å². The number of hydrogen-bond donors (Lipinski definition) is 1. The van der Waals surface area contributed by atoms with Crippen LogP contribution < -0.4 is 5.73 Å². The molecule has 0 saturated carbocycles. The third-order valence-corrected chi connectivity index (χ3v) is 4.90. The topological polar surface area (TPSA) is 46.3 Å². The number of benzene rings is 1. The molecule has 1 heterocycles. The first-order valence-corrected chi connectivity index (χ1v) is 8.21. The van der Waals surface area contributed by atoms with Gasteiger partial charge in [-0.05, 0) is 36.8 Å². The van der Waals surface area contributed by atoms with E-state index in [1.165, 1.54) is 0 Å². The molecule has 1 amide bonds. The molecule has 1 saturated heterocycles. The Morgan fingerprint density at radius 3 is 2.43 bits per heavy atom. The van der Waals surface area contributed by atoms with Gasteiger partial charge in [0.1, 0.15) is 0 Å². The van der Waals surface area contributed by atoms with Gasteiger partial charge in [0, 0.05) is 13.1 Å². The van der Waals surface area contributed by atoms with Crippen LogP contribution in [0.25, 0.3) is 0 Å². The lowest BCUT2D eigenvalue weighted by Gasteiger charge is -2.35. The predicted octanol–water partition coefficient (Wildman–Crippen LogP) is 3.01. The Morgan fingerprint density at radius 2 is 1.90 bits per heavy atom. The first-order chi connectivity index (χ1) is 10.2.